The number of hydrogen-bond acceptors (Lipinski definition) is 2. The first kappa shape index (κ1) is 20.0. The fraction of sp³-hybridized carbons (Fsp3) is 0.450. The maximum Gasteiger partial charge on any atom is 0.191 e. The third-order valence-corrected chi connectivity index (χ3v) is 4.72. The highest BCUT2D eigenvalue weighted by Gasteiger charge is 2.29. The Kier molecular flexibility index (Phi) is 7.50. The third-order valence-electron chi connectivity index (χ3n) is 4.72. The van der Waals surface area contributed by atoms with Crippen LogP contribution in [0.5, 0.6) is 0 Å². The Labute approximate surface area is 167 Å². The molecule has 1 heterocycles. The van der Waals surface area contributed by atoms with E-state index in [0.29, 0.717) is 0 Å². The van der Waals surface area contributed by atoms with Crippen LogP contribution < -0.4 is 10.6 Å². The van der Waals surface area contributed by atoms with Gasteiger partial charge in [0.25, 0.3) is 0 Å². The van der Waals surface area contributed by atoms with Crippen molar-refractivity contribution < 1.29 is 4.74 Å². The summed E-state index contributed by atoms with van der Waals surface area (Å²) in [6.45, 7) is 4.67. The summed E-state index contributed by atoms with van der Waals surface area (Å²) in [6, 6.07) is 15.0. The minimum atomic E-state index is -0.0622. The van der Waals surface area contributed by atoms with Crippen molar-refractivity contribution in [3.63, 3.8) is 0 Å². The van der Waals surface area contributed by atoms with E-state index in [1.807, 2.05) is 7.05 Å². The first-order valence-electron chi connectivity index (χ1n) is 8.75. The van der Waals surface area contributed by atoms with Gasteiger partial charge >= 0.3 is 0 Å². The van der Waals surface area contributed by atoms with Gasteiger partial charge in [-0.3, -0.25) is 4.99 Å². The number of aliphatic imine (C=N–C) groups is 1. The van der Waals surface area contributed by atoms with Crippen molar-refractivity contribution in [1.82, 2.24) is 10.6 Å². The Morgan fingerprint density at radius 1 is 1.16 bits per heavy atom. The molecule has 1 unspecified atom stereocenters. The SMILES string of the molecule is CN=C(NCCc1cccc2ccccc12)NCC1(C)CCCO1.I. The summed E-state index contributed by atoms with van der Waals surface area (Å²) in [4.78, 5) is 4.31. The smallest absolute Gasteiger partial charge is 0.191 e. The van der Waals surface area contributed by atoms with Gasteiger partial charge in [-0.05, 0) is 42.5 Å². The molecule has 1 aliphatic rings. The highest BCUT2D eigenvalue weighted by atomic mass is 127. The van der Waals surface area contributed by atoms with E-state index in [1.165, 1.54) is 16.3 Å². The lowest BCUT2D eigenvalue weighted by molar-refractivity contribution is 0.0243. The summed E-state index contributed by atoms with van der Waals surface area (Å²) in [6.07, 6.45) is 3.22. The van der Waals surface area contributed by atoms with Gasteiger partial charge in [0.1, 0.15) is 0 Å². The molecule has 0 aromatic heterocycles. The van der Waals surface area contributed by atoms with E-state index in [0.717, 1.165) is 44.9 Å². The van der Waals surface area contributed by atoms with E-state index >= 15 is 0 Å². The first-order valence-corrected chi connectivity index (χ1v) is 8.75. The number of nitrogens with zero attached hydrogens (tertiary/aromatic N) is 1. The molecule has 0 radical (unpaired) electrons. The lowest BCUT2D eigenvalue weighted by atomic mass is 10.0. The van der Waals surface area contributed by atoms with Crippen LogP contribution in [-0.2, 0) is 11.2 Å². The van der Waals surface area contributed by atoms with Crippen molar-refractivity contribution in [2.75, 3.05) is 26.7 Å². The van der Waals surface area contributed by atoms with E-state index in [-0.39, 0.29) is 29.6 Å². The van der Waals surface area contributed by atoms with E-state index in [2.05, 4.69) is 65.0 Å². The molecule has 2 aromatic rings. The fourth-order valence-electron chi connectivity index (χ4n) is 3.29. The number of nitrogens with one attached hydrogen (secondary N) is 2. The molecule has 2 aromatic carbocycles. The van der Waals surface area contributed by atoms with Gasteiger partial charge < -0.3 is 15.4 Å². The first-order chi connectivity index (χ1) is 11.7. The lowest BCUT2D eigenvalue weighted by Crippen LogP contribution is -2.45. The summed E-state index contributed by atoms with van der Waals surface area (Å²) >= 11 is 0. The van der Waals surface area contributed by atoms with Crippen LogP contribution in [0.1, 0.15) is 25.3 Å². The van der Waals surface area contributed by atoms with E-state index in [4.69, 9.17) is 4.74 Å². The van der Waals surface area contributed by atoms with E-state index < -0.39 is 0 Å². The van der Waals surface area contributed by atoms with Gasteiger partial charge in [-0.1, -0.05) is 42.5 Å². The predicted molar refractivity (Wildman–Crippen MR) is 116 cm³/mol. The maximum absolute atomic E-state index is 5.81. The standard InChI is InChI=1S/C20H27N3O.HI/c1-20(12-6-14-24-20)15-23-19(21-2)22-13-11-17-9-5-8-16-7-3-4-10-18(16)17;/h3-5,7-10H,6,11-15H2,1-2H3,(H2,21,22,23);1H. The second-order valence-corrected chi connectivity index (χ2v) is 6.64. The molecule has 0 spiro atoms. The summed E-state index contributed by atoms with van der Waals surface area (Å²) in [5.41, 5.74) is 1.30. The second kappa shape index (κ2) is 9.38. The third kappa shape index (κ3) is 5.31. The molecule has 1 atom stereocenters. The number of benzene rings is 2. The zero-order valence-corrected chi connectivity index (χ0v) is 17.4. The number of rotatable bonds is 5. The molecule has 4 nitrogen and oxygen atoms in total. The highest BCUT2D eigenvalue weighted by Crippen LogP contribution is 2.23. The number of hydrogen-bond donors (Lipinski definition) is 2. The molecular formula is C20H28IN3O. The summed E-state index contributed by atoms with van der Waals surface area (Å²) in [5.74, 6) is 0.840. The van der Waals surface area contributed by atoms with Gasteiger partial charge in [-0.2, -0.15) is 0 Å². The Balaban J connectivity index is 0.00000225. The second-order valence-electron chi connectivity index (χ2n) is 6.64. The van der Waals surface area contributed by atoms with Gasteiger partial charge in [0.15, 0.2) is 5.96 Å². The minimum Gasteiger partial charge on any atom is -0.373 e. The molecule has 1 saturated heterocycles. The largest absolute Gasteiger partial charge is 0.373 e. The van der Waals surface area contributed by atoms with Crippen molar-refractivity contribution in [3.8, 4) is 0 Å². The predicted octanol–water partition coefficient (Wildman–Crippen LogP) is 3.73. The summed E-state index contributed by atoms with van der Waals surface area (Å²) in [5, 5.41) is 9.42. The van der Waals surface area contributed by atoms with Crippen LogP contribution in [0.2, 0.25) is 0 Å². The quantitative estimate of drug-likeness (QED) is 0.412. The number of halogens is 1. The maximum atomic E-state index is 5.81. The van der Waals surface area contributed by atoms with Crippen LogP contribution in [0.4, 0.5) is 0 Å². The van der Waals surface area contributed by atoms with Gasteiger partial charge in [-0.25, -0.2) is 0 Å². The van der Waals surface area contributed by atoms with Gasteiger partial charge in [0.05, 0.1) is 5.60 Å². The Morgan fingerprint density at radius 2 is 1.96 bits per heavy atom. The van der Waals surface area contributed by atoms with Crippen LogP contribution in [0.3, 0.4) is 0 Å². The Bertz CT molecular complexity index is 706. The average Bonchev–Trinajstić information content (AvgIpc) is 3.05. The van der Waals surface area contributed by atoms with Gasteiger partial charge in [0, 0.05) is 26.7 Å². The zero-order valence-electron chi connectivity index (χ0n) is 15.0. The van der Waals surface area contributed by atoms with Crippen molar-refractivity contribution in [2.45, 2.75) is 31.8 Å². The molecule has 2 N–H and O–H groups in total. The summed E-state index contributed by atoms with van der Waals surface area (Å²) in [7, 11) is 1.81. The van der Waals surface area contributed by atoms with Crippen molar-refractivity contribution >= 4 is 40.7 Å². The van der Waals surface area contributed by atoms with Crippen molar-refractivity contribution in [3.05, 3.63) is 48.0 Å². The van der Waals surface area contributed by atoms with E-state index in [9.17, 15) is 0 Å². The molecule has 25 heavy (non-hydrogen) atoms. The molecule has 1 fully saturated rings. The number of fused-ring (bicyclic) bond motifs is 1. The fourth-order valence-corrected chi connectivity index (χ4v) is 3.29. The molecule has 0 aliphatic carbocycles. The zero-order chi connectivity index (χ0) is 16.8. The van der Waals surface area contributed by atoms with Crippen molar-refractivity contribution in [2.24, 2.45) is 4.99 Å². The Morgan fingerprint density at radius 3 is 2.72 bits per heavy atom. The van der Waals surface area contributed by atoms with Crippen LogP contribution >= 0.6 is 24.0 Å². The van der Waals surface area contributed by atoms with Gasteiger partial charge in [0.2, 0.25) is 0 Å². The Hall–Kier alpha value is -1.34. The van der Waals surface area contributed by atoms with Crippen LogP contribution in [0, 0.1) is 0 Å². The van der Waals surface area contributed by atoms with Crippen LogP contribution in [-0.4, -0.2) is 38.3 Å². The molecule has 5 heteroatoms. The molecule has 3 rings (SSSR count). The van der Waals surface area contributed by atoms with E-state index in [1.54, 1.807) is 0 Å². The molecule has 0 bridgehead atoms. The average molecular weight is 453 g/mol. The molecule has 0 saturated carbocycles. The van der Waals surface area contributed by atoms with Crippen LogP contribution in [0.25, 0.3) is 10.8 Å². The lowest BCUT2D eigenvalue weighted by Gasteiger charge is -2.24. The normalized spacial score (nSPS) is 20.3. The molecule has 0 amide bonds. The highest BCUT2D eigenvalue weighted by molar-refractivity contribution is 14.0. The molecular weight excluding hydrogens is 425 g/mol. The molecule has 136 valence electrons. The summed E-state index contributed by atoms with van der Waals surface area (Å²) < 4.78 is 5.81. The molecule has 1 aliphatic heterocycles. The monoisotopic (exact) mass is 453 g/mol. The number of ether oxygens (including phenoxy) is 1. The van der Waals surface area contributed by atoms with Crippen LogP contribution in [0.15, 0.2) is 47.5 Å². The van der Waals surface area contributed by atoms with Crippen molar-refractivity contribution in [1.29, 1.82) is 0 Å². The topological polar surface area (TPSA) is 45.7 Å². The minimum absolute atomic E-state index is 0. The van der Waals surface area contributed by atoms with Gasteiger partial charge in [-0.15, -0.1) is 24.0 Å². The number of guanidine groups is 1.